The van der Waals surface area contributed by atoms with Gasteiger partial charge in [0.15, 0.2) is 11.5 Å². The number of amides is 2. The number of hydrogen-bond donors (Lipinski definition) is 1. The number of fused-ring (bicyclic) bond motifs is 1. The van der Waals surface area contributed by atoms with E-state index in [4.69, 9.17) is 9.47 Å². The molecule has 2 aromatic carbocycles. The molecule has 2 amide bonds. The maximum atomic E-state index is 13.4. The summed E-state index contributed by atoms with van der Waals surface area (Å²) in [4.78, 5) is 28.2. The SMILES string of the molecule is CC[C@H](C(=O)NC1CCCC1)N(Cc1ccc(F)cc1)C(=O)CCc1ccc2c(c1)OCO2. The van der Waals surface area contributed by atoms with Crippen molar-refractivity contribution in [2.24, 2.45) is 0 Å². The van der Waals surface area contributed by atoms with Gasteiger partial charge in [0.25, 0.3) is 0 Å². The van der Waals surface area contributed by atoms with E-state index in [1.165, 1.54) is 12.1 Å². The monoisotopic (exact) mass is 454 g/mol. The molecule has 0 unspecified atom stereocenters. The van der Waals surface area contributed by atoms with E-state index in [1.54, 1.807) is 17.0 Å². The van der Waals surface area contributed by atoms with Crippen LogP contribution in [-0.4, -0.2) is 35.6 Å². The van der Waals surface area contributed by atoms with Gasteiger partial charge >= 0.3 is 0 Å². The molecule has 1 atom stereocenters. The predicted octanol–water partition coefficient (Wildman–Crippen LogP) is 4.35. The number of nitrogens with zero attached hydrogens (tertiary/aromatic N) is 1. The van der Waals surface area contributed by atoms with Gasteiger partial charge in [-0.15, -0.1) is 0 Å². The normalized spacial score (nSPS) is 15.9. The van der Waals surface area contributed by atoms with Crippen LogP contribution in [0.25, 0.3) is 0 Å². The molecule has 0 bridgehead atoms. The fourth-order valence-electron chi connectivity index (χ4n) is 4.56. The van der Waals surface area contributed by atoms with Crippen molar-refractivity contribution in [3.05, 3.63) is 59.4 Å². The zero-order valence-electron chi connectivity index (χ0n) is 19.0. The molecule has 6 nitrogen and oxygen atoms in total. The Labute approximate surface area is 194 Å². The van der Waals surface area contributed by atoms with Crippen LogP contribution in [0.15, 0.2) is 42.5 Å². The average Bonchev–Trinajstić information content (AvgIpc) is 3.50. The molecule has 1 aliphatic heterocycles. The summed E-state index contributed by atoms with van der Waals surface area (Å²) in [5.74, 6) is 0.849. The number of rotatable bonds is 9. The molecule has 176 valence electrons. The smallest absolute Gasteiger partial charge is 0.243 e. The molecule has 1 aliphatic carbocycles. The van der Waals surface area contributed by atoms with Gasteiger partial charge in [-0.3, -0.25) is 9.59 Å². The first kappa shape index (κ1) is 23.1. The highest BCUT2D eigenvalue weighted by atomic mass is 19.1. The van der Waals surface area contributed by atoms with E-state index < -0.39 is 6.04 Å². The van der Waals surface area contributed by atoms with Gasteiger partial charge in [0.2, 0.25) is 18.6 Å². The lowest BCUT2D eigenvalue weighted by molar-refractivity contribution is -0.141. The maximum absolute atomic E-state index is 13.4. The summed E-state index contributed by atoms with van der Waals surface area (Å²) in [7, 11) is 0. The Morgan fingerprint density at radius 3 is 2.48 bits per heavy atom. The summed E-state index contributed by atoms with van der Waals surface area (Å²) < 4.78 is 24.2. The van der Waals surface area contributed by atoms with Crippen LogP contribution in [-0.2, 0) is 22.6 Å². The van der Waals surface area contributed by atoms with Crippen molar-refractivity contribution >= 4 is 11.8 Å². The lowest BCUT2D eigenvalue weighted by Gasteiger charge is -2.31. The van der Waals surface area contributed by atoms with Crippen LogP contribution in [0.1, 0.15) is 56.6 Å². The van der Waals surface area contributed by atoms with Gasteiger partial charge in [-0.2, -0.15) is 0 Å². The van der Waals surface area contributed by atoms with Crippen molar-refractivity contribution in [3.63, 3.8) is 0 Å². The van der Waals surface area contributed by atoms with Crippen molar-refractivity contribution in [2.45, 2.75) is 70.5 Å². The van der Waals surface area contributed by atoms with Crippen molar-refractivity contribution in [3.8, 4) is 11.5 Å². The number of ether oxygens (including phenoxy) is 2. The summed E-state index contributed by atoms with van der Waals surface area (Å²) in [6.07, 6.45) is 5.50. The minimum Gasteiger partial charge on any atom is -0.454 e. The van der Waals surface area contributed by atoms with Crippen LogP contribution < -0.4 is 14.8 Å². The Kier molecular flexibility index (Phi) is 7.47. The molecule has 0 spiro atoms. The number of aryl methyl sites for hydroxylation is 1. The number of benzene rings is 2. The van der Waals surface area contributed by atoms with Crippen LogP contribution in [0, 0.1) is 5.82 Å². The highest BCUT2D eigenvalue weighted by molar-refractivity contribution is 5.88. The molecule has 1 saturated carbocycles. The lowest BCUT2D eigenvalue weighted by Crippen LogP contribution is -2.51. The largest absolute Gasteiger partial charge is 0.454 e. The summed E-state index contributed by atoms with van der Waals surface area (Å²) in [6.45, 7) is 2.38. The third kappa shape index (κ3) is 5.83. The second-order valence-corrected chi connectivity index (χ2v) is 8.75. The molecular weight excluding hydrogens is 423 g/mol. The van der Waals surface area contributed by atoms with Crippen molar-refractivity contribution in [1.29, 1.82) is 0 Å². The van der Waals surface area contributed by atoms with Crippen LogP contribution >= 0.6 is 0 Å². The minimum atomic E-state index is -0.570. The second kappa shape index (κ2) is 10.7. The number of carbonyl (C=O) groups excluding carboxylic acids is 2. The first-order valence-corrected chi connectivity index (χ1v) is 11.8. The van der Waals surface area contributed by atoms with E-state index in [1.807, 2.05) is 25.1 Å². The van der Waals surface area contributed by atoms with E-state index in [0.29, 0.717) is 24.3 Å². The van der Waals surface area contributed by atoms with Crippen molar-refractivity contribution in [2.75, 3.05) is 6.79 Å². The van der Waals surface area contributed by atoms with Gasteiger partial charge < -0.3 is 19.7 Å². The first-order chi connectivity index (χ1) is 16.0. The molecule has 0 aromatic heterocycles. The van der Waals surface area contributed by atoms with E-state index in [0.717, 1.165) is 36.8 Å². The fraction of sp³-hybridized carbons (Fsp3) is 0.462. The summed E-state index contributed by atoms with van der Waals surface area (Å²) in [5, 5.41) is 3.14. The predicted molar refractivity (Wildman–Crippen MR) is 122 cm³/mol. The molecule has 4 rings (SSSR count). The van der Waals surface area contributed by atoms with E-state index in [-0.39, 0.29) is 43.4 Å². The molecule has 0 saturated heterocycles. The van der Waals surface area contributed by atoms with Gasteiger partial charge in [0.1, 0.15) is 11.9 Å². The van der Waals surface area contributed by atoms with Gasteiger partial charge in [0, 0.05) is 19.0 Å². The summed E-state index contributed by atoms with van der Waals surface area (Å²) in [6, 6.07) is 11.4. The third-order valence-corrected chi connectivity index (χ3v) is 6.42. The molecule has 2 aliphatic rings. The number of nitrogens with one attached hydrogen (secondary N) is 1. The average molecular weight is 455 g/mol. The van der Waals surface area contributed by atoms with Crippen LogP contribution in [0.3, 0.4) is 0 Å². The number of hydrogen-bond acceptors (Lipinski definition) is 4. The molecule has 0 radical (unpaired) electrons. The molecule has 33 heavy (non-hydrogen) atoms. The second-order valence-electron chi connectivity index (χ2n) is 8.75. The Morgan fingerprint density at radius 1 is 1.06 bits per heavy atom. The Balaban J connectivity index is 1.48. The zero-order chi connectivity index (χ0) is 23.2. The van der Waals surface area contributed by atoms with Crippen LogP contribution in [0.5, 0.6) is 11.5 Å². The molecule has 1 heterocycles. The third-order valence-electron chi connectivity index (χ3n) is 6.42. The molecular formula is C26H31FN2O4. The Morgan fingerprint density at radius 2 is 1.76 bits per heavy atom. The minimum absolute atomic E-state index is 0.106. The standard InChI is InChI=1S/C26H31FN2O4/c1-2-22(26(31)28-21-5-3-4-6-21)29(16-19-7-11-20(27)12-8-19)25(30)14-10-18-9-13-23-24(15-18)33-17-32-23/h7-9,11-13,15,21-22H,2-6,10,14,16-17H2,1H3,(H,28,31)/t22-/m1/s1. The van der Waals surface area contributed by atoms with Crippen molar-refractivity contribution in [1.82, 2.24) is 10.2 Å². The first-order valence-electron chi connectivity index (χ1n) is 11.8. The summed E-state index contributed by atoms with van der Waals surface area (Å²) >= 11 is 0. The van der Waals surface area contributed by atoms with Crippen LogP contribution in [0.2, 0.25) is 0 Å². The molecule has 1 N–H and O–H groups in total. The quantitative estimate of drug-likeness (QED) is 0.612. The molecule has 7 heteroatoms. The van der Waals surface area contributed by atoms with E-state index in [2.05, 4.69) is 5.32 Å². The van der Waals surface area contributed by atoms with Gasteiger partial charge in [-0.05, 0) is 61.1 Å². The van der Waals surface area contributed by atoms with Crippen LogP contribution in [0.4, 0.5) is 4.39 Å². The zero-order valence-corrected chi connectivity index (χ0v) is 19.0. The number of halogens is 1. The Hall–Kier alpha value is -3.09. The van der Waals surface area contributed by atoms with Crippen molar-refractivity contribution < 1.29 is 23.5 Å². The van der Waals surface area contributed by atoms with Gasteiger partial charge in [-0.1, -0.05) is 38.0 Å². The fourth-order valence-corrected chi connectivity index (χ4v) is 4.56. The highest BCUT2D eigenvalue weighted by Crippen LogP contribution is 2.33. The van der Waals surface area contributed by atoms with Gasteiger partial charge in [-0.25, -0.2) is 4.39 Å². The van der Waals surface area contributed by atoms with Gasteiger partial charge in [0.05, 0.1) is 0 Å². The lowest BCUT2D eigenvalue weighted by atomic mass is 10.1. The molecule has 2 aromatic rings. The maximum Gasteiger partial charge on any atom is 0.243 e. The highest BCUT2D eigenvalue weighted by Gasteiger charge is 2.30. The summed E-state index contributed by atoms with van der Waals surface area (Å²) in [5.41, 5.74) is 1.76. The van der Waals surface area contributed by atoms with E-state index in [9.17, 15) is 14.0 Å². The Bertz CT molecular complexity index is 973. The van der Waals surface area contributed by atoms with E-state index >= 15 is 0 Å². The number of carbonyl (C=O) groups is 2. The topological polar surface area (TPSA) is 67.9 Å². The molecule has 1 fully saturated rings.